The molecule has 1 atom stereocenters. The van der Waals surface area contributed by atoms with E-state index in [4.69, 9.17) is 9.84 Å². The molecular formula is C36H70O4. The van der Waals surface area contributed by atoms with Gasteiger partial charge < -0.3 is 9.84 Å². The lowest BCUT2D eigenvalue weighted by atomic mass is 10.0. The van der Waals surface area contributed by atoms with E-state index >= 15 is 0 Å². The number of carboxylic acids is 1. The highest BCUT2D eigenvalue weighted by Crippen LogP contribution is 2.18. The van der Waals surface area contributed by atoms with Crippen molar-refractivity contribution >= 4 is 11.9 Å². The van der Waals surface area contributed by atoms with E-state index in [1.165, 1.54) is 148 Å². The first-order valence-corrected chi connectivity index (χ1v) is 18.0. The van der Waals surface area contributed by atoms with Crippen molar-refractivity contribution in [3.63, 3.8) is 0 Å². The van der Waals surface area contributed by atoms with Gasteiger partial charge in [0.1, 0.15) is 6.10 Å². The maximum atomic E-state index is 12.3. The molecule has 0 aromatic rings. The number of rotatable bonds is 33. The average molecular weight is 567 g/mol. The zero-order valence-corrected chi connectivity index (χ0v) is 27.2. The van der Waals surface area contributed by atoms with Crippen LogP contribution in [0.1, 0.15) is 213 Å². The lowest BCUT2D eigenvalue weighted by molar-refractivity contribution is -0.151. The second-order valence-electron chi connectivity index (χ2n) is 12.4. The van der Waals surface area contributed by atoms with Crippen molar-refractivity contribution in [2.45, 2.75) is 219 Å². The molecule has 0 aromatic carbocycles. The van der Waals surface area contributed by atoms with Gasteiger partial charge in [-0.15, -0.1) is 0 Å². The van der Waals surface area contributed by atoms with E-state index in [1.54, 1.807) is 0 Å². The molecule has 0 aliphatic carbocycles. The molecule has 1 unspecified atom stereocenters. The highest BCUT2D eigenvalue weighted by Gasteiger charge is 2.15. The van der Waals surface area contributed by atoms with Gasteiger partial charge in [-0.2, -0.15) is 0 Å². The third-order valence-corrected chi connectivity index (χ3v) is 8.34. The second-order valence-corrected chi connectivity index (χ2v) is 12.4. The molecule has 4 heteroatoms. The molecule has 0 heterocycles. The standard InChI is InChI=1S/C36H70O4/c1-3-5-7-9-11-13-14-15-16-17-18-19-20-21-22-23-25-27-29-31-36(39)40-34(32-33-35(37)38)30-28-26-24-12-10-8-6-4-2/h34H,3-33H2,1-2H3,(H,37,38). The van der Waals surface area contributed by atoms with Gasteiger partial charge in [0, 0.05) is 12.8 Å². The summed E-state index contributed by atoms with van der Waals surface area (Å²) in [6.07, 6.45) is 37.0. The fraction of sp³-hybridized carbons (Fsp3) is 0.944. The summed E-state index contributed by atoms with van der Waals surface area (Å²) < 4.78 is 5.70. The number of hydrogen-bond donors (Lipinski definition) is 1. The third-order valence-electron chi connectivity index (χ3n) is 8.34. The van der Waals surface area contributed by atoms with E-state index in [1.807, 2.05) is 0 Å². The molecule has 1 N–H and O–H groups in total. The zero-order chi connectivity index (χ0) is 29.4. The summed E-state index contributed by atoms with van der Waals surface area (Å²) in [5.74, 6) is -0.947. The van der Waals surface area contributed by atoms with Crippen molar-refractivity contribution in [3.8, 4) is 0 Å². The van der Waals surface area contributed by atoms with E-state index in [9.17, 15) is 9.59 Å². The molecule has 4 nitrogen and oxygen atoms in total. The molecular weight excluding hydrogens is 496 g/mol. The van der Waals surface area contributed by atoms with Gasteiger partial charge in [-0.3, -0.25) is 9.59 Å². The average Bonchev–Trinajstić information content (AvgIpc) is 2.94. The smallest absolute Gasteiger partial charge is 0.306 e. The van der Waals surface area contributed by atoms with Crippen molar-refractivity contribution in [2.24, 2.45) is 0 Å². The SMILES string of the molecule is CCCCCCCCCCCCCCCCCCCCCC(=O)OC(CCCCCCCCCC)CCC(=O)O. The maximum Gasteiger partial charge on any atom is 0.306 e. The van der Waals surface area contributed by atoms with Crippen LogP contribution < -0.4 is 0 Å². The predicted molar refractivity (Wildman–Crippen MR) is 172 cm³/mol. The first kappa shape index (κ1) is 38.9. The maximum absolute atomic E-state index is 12.3. The van der Waals surface area contributed by atoms with Gasteiger partial charge in [0.15, 0.2) is 0 Å². The van der Waals surface area contributed by atoms with Crippen LogP contribution in [0.4, 0.5) is 0 Å². The van der Waals surface area contributed by atoms with Gasteiger partial charge in [-0.25, -0.2) is 0 Å². The van der Waals surface area contributed by atoms with Gasteiger partial charge in [-0.05, 0) is 25.7 Å². The van der Waals surface area contributed by atoms with Crippen molar-refractivity contribution in [3.05, 3.63) is 0 Å². The number of ether oxygens (including phenoxy) is 1. The number of carbonyl (C=O) groups excluding carboxylic acids is 1. The lowest BCUT2D eigenvalue weighted by Gasteiger charge is -2.17. The summed E-state index contributed by atoms with van der Waals surface area (Å²) in [5.41, 5.74) is 0. The van der Waals surface area contributed by atoms with Gasteiger partial charge in [-0.1, -0.05) is 174 Å². The van der Waals surface area contributed by atoms with Crippen LogP contribution in [-0.4, -0.2) is 23.1 Å². The Morgan fingerprint density at radius 2 is 0.775 bits per heavy atom. The van der Waals surface area contributed by atoms with Crippen LogP contribution >= 0.6 is 0 Å². The first-order valence-electron chi connectivity index (χ1n) is 18.0. The molecule has 0 aromatic heterocycles. The Hall–Kier alpha value is -1.06. The fourth-order valence-corrected chi connectivity index (χ4v) is 5.65. The molecule has 0 aliphatic heterocycles. The number of carbonyl (C=O) groups is 2. The van der Waals surface area contributed by atoms with E-state index in [-0.39, 0.29) is 18.5 Å². The molecule has 0 rings (SSSR count). The van der Waals surface area contributed by atoms with Crippen LogP contribution in [0.15, 0.2) is 0 Å². The largest absolute Gasteiger partial charge is 0.481 e. The van der Waals surface area contributed by atoms with Gasteiger partial charge in [0.25, 0.3) is 0 Å². The zero-order valence-electron chi connectivity index (χ0n) is 27.2. The van der Waals surface area contributed by atoms with E-state index in [2.05, 4.69) is 13.8 Å². The minimum atomic E-state index is -0.809. The minimum absolute atomic E-state index is 0.0776. The normalized spacial score (nSPS) is 12.1. The molecule has 0 bridgehead atoms. The van der Waals surface area contributed by atoms with Crippen LogP contribution in [0, 0.1) is 0 Å². The summed E-state index contributed by atoms with van der Waals surface area (Å²) in [6.45, 7) is 4.52. The van der Waals surface area contributed by atoms with Gasteiger partial charge >= 0.3 is 11.9 Å². The summed E-state index contributed by atoms with van der Waals surface area (Å²) in [6, 6.07) is 0. The van der Waals surface area contributed by atoms with Crippen molar-refractivity contribution < 1.29 is 19.4 Å². The summed E-state index contributed by atoms with van der Waals surface area (Å²) >= 11 is 0. The molecule has 0 saturated heterocycles. The Bertz CT molecular complexity index is 533. The van der Waals surface area contributed by atoms with Gasteiger partial charge in [0.05, 0.1) is 0 Å². The highest BCUT2D eigenvalue weighted by molar-refractivity contribution is 5.69. The Morgan fingerprint density at radius 1 is 0.450 bits per heavy atom. The van der Waals surface area contributed by atoms with Crippen LogP contribution in [-0.2, 0) is 14.3 Å². The number of aliphatic carboxylic acids is 1. The molecule has 0 fully saturated rings. The van der Waals surface area contributed by atoms with Crippen molar-refractivity contribution in [2.75, 3.05) is 0 Å². The summed E-state index contributed by atoms with van der Waals surface area (Å²) in [5, 5.41) is 9.05. The Kier molecular flexibility index (Phi) is 31.6. The number of carboxylic acid groups (broad SMARTS) is 1. The number of hydrogen-bond acceptors (Lipinski definition) is 3. The quantitative estimate of drug-likeness (QED) is 0.0633. The highest BCUT2D eigenvalue weighted by atomic mass is 16.5. The Morgan fingerprint density at radius 3 is 1.12 bits per heavy atom. The van der Waals surface area contributed by atoms with Crippen LogP contribution in [0.25, 0.3) is 0 Å². The monoisotopic (exact) mass is 567 g/mol. The summed E-state index contributed by atoms with van der Waals surface area (Å²) in [4.78, 5) is 23.4. The first-order chi connectivity index (χ1) is 19.6. The molecule has 238 valence electrons. The van der Waals surface area contributed by atoms with E-state index in [0.29, 0.717) is 12.8 Å². The van der Waals surface area contributed by atoms with Crippen LogP contribution in [0.3, 0.4) is 0 Å². The van der Waals surface area contributed by atoms with E-state index < -0.39 is 5.97 Å². The topological polar surface area (TPSA) is 63.6 Å². The van der Waals surface area contributed by atoms with E-state index in [0.717, 1.165) is 32.1 Å². The Balaban J connectivity index is 3.59. The number of esters is 1. The molecule has 0 radical (unpaired) electrons. The molecule has 40 heavy (non-hydrogen) atoms. The minimum Gasteiger partial charge on any atom is -0.481 e. The number of unbranched alkanes of at least 4 members (excludes halogenated alkanes) is 25. The predicted octanol–water partition coefficient (Wildman–Crippen LogP) is 12.1. The fourth-order valence-electron chi connectivity index (χ4n) is 5.65. The third kappa shape index (κ3) is 31.5. The molecule has 0 spiro atoms. The molecule has 0 saturated carbocycles. The van der Waals surface area contributed by atoms with Crippen LogP contribution in [0.2, 0.25) is 0 Å². The second kappa shape index (κ2) is 32.5. The lowest BCUT2D eigenvalue weighted by Crippen LogP contribution is -2.19. The molecule has 0 amide bonds. The van der Waals surface area contributed by atoms with Crippen LogP contribution in [0.5, 0.6) is 0 Å². The Labute approximate surface area is 250 Å². The van der Waals surface area contributed by atoms with Crippen molar-refractivity contribution in [1.29, 1.82) is 0 Å². The van der Waals surface area contributed by atoms with Gasteiger partial charge in [0.2, 0.25) is 0 Å². The van der Waals surface area contributed by atoms with Crippen molar-refractivity contribution in [1.82, 2.24) is 0 Å². The molecule has 0 aliphatic rings. The summed E-state index contributed by atoms with van der Waals surface area (Å²) in [7, 11) is 0.